The topological polar surface area (TPSA) is 52.8 Å². The van der Waals surface area contributed by atoms with Gasteiger partial charge < -0.3 is 4.74 Å². The number of hydrogen-bond donors (Lipinski definition) is 0. The van der Waals surface area contributed by atoms with Crippen molar-refractivity contribution in [3.05, 3.63) is 42.2 Å². The third kappa shape index (κ3) is 2.23. The van der Waals surface area contributed by atoms with Crippen molar-refractivity contribution in [1.82, 2.24) is 19.7 Å². The minimum Gasteiger partial charge on any atom is -0.376 e. The average Bonchev–Trinajstić information content (AvgIpc) is 2.88. The van der Waals surface area contributed by atoms with Gasteiger partial charge in [-0.05, 0) is 24.6 Å². The van der Waals surface area contributed by atoms with Crippen LogP contribution in [0.15, 0.2) is 30.6 Å². The van der Waals surface area contributed by atoms with Crippen molar-refractivity contribution >= 4 is 11.2 Å². The van der Waals surface area contributed by atoms with Gasteiger partial charge in [0.15, 0.2) is 17.3 Å². The molecule has 1 fully saturated rings. The third-order valence-corrected chi connectivity index (χ3v) is 3.73. The van der Waals surface area contributed by atoms with Crippen LogP contribution in [0.1, 0.15) is 6.42 Å². The summed E-state index contributed by atoms with van der Waals surface area (Å²) >= 11 is 0. The first-order chi connectivity index (χ1) is 10.7. The molecule has 0 radical (unpaired) electrons. The van der Waals surface area contributed by atoms with Crippen molar-refractivity contribution in [2.24, 2.45) is 0 Å². The van der Waals surface area contributed by atoms with Gasteiger partial charge in [0.25, 0.3) is 0 Å². The fourth-order valence-electron chi connectivity index (χ4n) is 2.41. The zero-order valence-corrected chi connectivity index (χ0v) is 11.5. The Morgan fingerprint density at radius 1 is 1.23 bits per heavy atom. The van der Waals surface area contributed by atoms with Crippen LogP contribution in [0.2, 0.25) is 0 Å². The second-order valence-corrected chi connectivity index (χ2v) is 5.20. The molecule has 1 unspecified atom stereocenters. The van der Waals surface area contributed by atoms with Gasteiger partial charge in [0.2, 0.25) is 0 Å². The predicted molar refractivity (Wildman–Crippen MR) is 75.0 cm³/mol. The first-order valence-corrected chi connectivity index (χ1v) is 6.96. The molecule has 4 rings (SSSR count). The number of fused-ring (bicyclic) bond motifs is 1. The van der Waals surface area contributed by atoms with Crippen molar-refractivity contribution in [1.29, 1.82) is 0 Å². The van der Waals surface area contributed by atoms with Gasteiger partial charge in [-0.25, -0.2) is 23.4 Å². The van der Waals surface area contributed by atoms with Gasteiger partial charge in [-0.1, -0.05) is 0 Å². The molecule has 1 atom stereocenters. The number of nitrogens with zero attached hydrogens (tertiary/aromatic N) is 4. The van der Waals surface area contributed by atoms with Crippen molar-refractivity contribution in [3.8, 4) is 11.3 Å². The van der Waals surface area contributed by atoms with E-state index in [9.17, 15) is 8.78 Å². The molecular weight excluding hydrogens is 290 g/mol. The minimum atomic E-state index is -0.905. The van der Waals surface area contributed by atoms with E-state index in [1.54, 1.807) is 10.9 Å². The minimum absolute atomic E-state index is 0.177. The second-order valence-electron chi connectivity index (χ2n) is 5.20. The highest BCUT2D eigenvalue weighted by atomic mass is 19.2. The van der Waals surface area contributed by atoms with Crippen LogP contribution in [0.3, 0.4) is 0 Å². The summed E-state index contributed by atoms with van der Waals surface area (Å²) in [5, 5.41) is 4.26. The van der Waals surface area contributed by atoms with E-state index in [0.717, 1.165) is 25.2 Å². The van der Waals surface area contributed by atoms with Gasteiger partial charge in [-0.15, -0.1) is 0 Å². The highest BCUT2D eigenvalue weighted by Crippen LogP contribution is 2.22. The molecule has 0 saturated carbocycles. The second kappa shape index (κ2) is 5.10. The Balaban J connectivity index is 1.69. The number of benzene rings is 1. The molecule has 22 heavy (non-hydrogen) atoms. The highest BCUT2D eigenvalue weighted by Gasteiger charge is 2.20. The van der Waals surface area contributed by atoms with E-state index in [-0.39, 0.29) is 6.10 Å². The lowest BCUT2D eigenvalue weighted by Crippen LogP contribution is -2.31. The SMILES string of the molecule is Fc1ccc(-c2cnc3c(cnn3CC3CCO3)n2)cc1F. The lowest BCUT2D eigenvalue weighted by atomic mass is 10.1. The van der Waals surface area contributed by atoms with Crippen LogP contribution in [0, 0.1) is 11.6 Å². The number of aromatic nitrogens is 4. The van der Waals surface area contributed by atoms with Crippen molar-refractivity contribution < 1.29 is 13.5 Å². The smallest absolute Gasteiger partial charge is 0.176 e. The summed E-state index contributed by atoms with van der Waals surface area (Å²) in [6, 6.07) is 3.66. The zero-order chi connectivity index (χ0) is 15.1. The molecule has 1 aliphatic rings. The quantitative estimate of drug-likeness (QED) is 0.746. The number of ether oxygens (including phenoxy) is 1. The fourth-order valence-corrected chi connectivity index (χ4v) is 2.41. The molecule has 0 aliphatic carbocycles. The lowest BCUT2D eigenvalue weighted by molar-refractivity contribution is -0.0603. The van der Waals surface area contributed by atoms with E-state index < -0.39 is 11.6 Å². The standard InChI is InChI=1S/C15H12F2N4O/c16-11-2-1-9(5-12(11)17)13-6-18-15-14(20-13)7-19-21(15)8-10-3-4-22-10/h1-2,5-7,10H,3-4,8H2. The Kier molecular flexibility index (Phi) is 3.07. The van der Waals surface area contributed by atoms with Crippen molar-refractivity contribution in [3.63, 3.8) is 0 Å². The molecular formula is C15H12F2N4O. The monoisotopic (exact) mass is 302 g/mol. The van der Waals surface area contributed by atoms with Crippen LogP contribution in [0.5, 0.6) is 0 Å². The first-order valence-electron chi connectivity index (χ1n) is 6.96. The molecule has 0 spiro atoms. The molecule has 7 heteroatoms. The van der Waals surface area contributed by atoms with E-state index in [1.165, 1.54) is 12.3 Å². The third-order valence-electron chi connectivity index (χ3n) is 3.73. The zero-order valence-electron chi connectivity index (χ0n) is 11.5. The Hall–Kier alpha value is -2.41. The first kappa shape index (κ1) is 13.3. The maximum Gasteiger partial charge on any atom is 0.176 e. The van der Waals surface area contributed by atoms with E-state index in [4.69, 9.17) is 4.74 Å². The Bertz CT molecular complexity index is 845. The lowest BCUT2D eigenvalue weighted by Gasteiger charge is -2.26. The normalized spacial score (nSPS) is 17.6. The van der Waals surface area contributed by atoms with Crippen LogP contribution in [0.4, 0.5) is 8.78 Å². The van der Waals surface area contributed by atoms with E-state index in [0.29, 0.717) is 29.0 Å². The summed E-state index contributed by atoms with van der Waals surface area (Å²) in [5.41, 5.74) is 2.22. The van der Waals surface area contributed by atoms with Crippen LogP contribution in [-0.4, -0.2) is 32.5 Å². The molecule has 1 aliphatic heterocycles. The fraction of sp³-hybridized carbons (Fsp3) is 0.267. The van der Waals surface area contributed by atoms with Crippen LogP contribution in [0.25, 0.3) is 22.4 Å². The van der Waals surface area contributed by atoms with Crippen molar-refractivity contribution in [2.75, 3.05) is 6.61 Å². The van der Waals surface area contributed by atoms with Crippen molar-refractivity contribution in [2.45, 2.75) is 19.1 Å². The van der Waals surface area contributed by atoms with Gasteiger partial charge >= 0.3 is 0 Å². The largest absolute Gasteiger partial charge is 0.376 e. The number of rotatable bonds is 3. The molecule has 2 aromatic heterocycles. The van der Waals surface area contributed by atoms with Gasteiger partial charge in [-0.2, -0.15) is 5.10 Å². The van der Waals surface area contributed by atoms with E-state index in [2.05, 4.69) is 15.1 Å². The molecule has 112 valence electrons. The summed E-state index contributed by atoms with van der Waals surface area (Å²) in [6.07, 6.45) is 4.34. The molecule has 0 amide bonds. The number of hydrogen-bond acceptors (Lipinski definition) is 4. The van der Waals surface area contributed by atoms with Gasteiger partial charge in [0.1, 0.15) is 5.52 Å². The van der Waals surface area contributed by atoms with Crippen LogP contribution < -0.4 is 0 Å². The summed E-state index contributed by atoms with van der Waals surface area (Å²) in [7, 11) is 0. The van der Waals surface area contributed by atoms with E-state index >= 15 is 0 Å². The molecule has 3 aromatic rings. The Labute approximate surface area is 124 Å². The highest BCUT2D eigenvalue weighted by molar-refractivity contribution is 5.73. The summed E-state index contributed by atoms with van der Waals surface area (Å²) < 4.78 is 33.4. The molecule has 0 N–H and O–H groups in total. The van der Waals surface area contributed by atoms with Crippen LogP contribution in [-0.2, 0) is 11.3 Å². The molecule has 1 aromatic carbocycles. The summed E-state index contributed by atoms with van der Waals surface area (Å²) in [4.78, 5) is 8.76. The molecule has 1 saturated heterocycles. The maximum absolute atomic E-state index is 13.3. The molecule has 0 bridgehead atoms. The Morgan fingerprint density at radius 2 is 2.09 bits per heavy atom. The Morgan fingerprint density at radius 3 is 2.82 bits per heavy atom. The molecule has 3 heterocycles. The number of halogens is 2. The van der Waals surface area contributed by atoms with Crippen LogP contribution >= 0.6 is 0 Å². The summed E-state index contributed by atoms with van der Waals surface area (Å²) in [5.74, 6) is -1.79. The average molecular weight is 302 g/mol. The molecule has 5 nitrogen and oxygen atoms in total. The maximum atomic E-state index is 13.3. The summed E-state index contributed by atoms with van der Waals surface area (Å²) in [6.45, 7) is 1.43. The van der Waals surface area contributed by atoms with Gasteiger partial charge in [0, 0.05) is 12.2 Å². The van der Waals surface area contributed by atoms with E-state index in [1.807, 2.05) is 0 Å². The predicted octanol–water partition coefficient (Wildman–Crippen LogP) is 2.56. The van der Waals surface area contributed by atoms with Gasteiger partial charge in [0.05, 0.1) is 30.7 Å². The van der Waals surface area contributed by atoms with Gasteiger partial charge in [-0.3, -0.25) is 0 Å².